The molecule has 0 saturated heterocycles. The maximum atomic E-state index is 8.69. The summed E-state index contributed by atoms with van der Waals surface area (Å²) in [5.74, 6) is -1.63. The van der Waals surface area contributed by atoms with Crippen LogP contribution in [0.15, 0.2) is 96.1 Å². The van der Waals surface area contributed by atoms with Crippen molar-refractivity contribution in [2.24, 2.45) is 0 Å². The molecule has 4 aromatic carbocycles. The predicted octanol–water partition coefficient (Wildman–Crippen LogP) is 14.4. The molecule has 0 aliphatic heterocycles. The number of rotatable bonds is 7. The molecule has 0 saturated carbocycles. The van der Waals surface area contributed by atoms with Crippen LogP contribution in [0.2, 0.25) is 13.1 Å². The van der Waals surface area contributed by atoms with Gasteiger partial charge in [-0.3, -0.25) is 0 Å². The van der Waals surface area contributed by atoms with Gasteiger partial charge in [0.1, 0.15) is 0 Å². The van der Waals surface area contributed by atoms with Gasteiger partial charge in [-0.15, -0.1) is 0 Å². The van der Waals surface area contributed by atoms with E-state index in [1.54, 1.807) is 0 Å². The average molecular weight is 786 g/mol. The van der Waals surface area contributed by atoms with E-state index in [0.717, 1.165) is 12.8 Å². The van der Waals surface area contributed by atoms with Crippen molar-refractivity contribution in [2.45, 2.75) is 106 Å². The second-order valence-electron chi connectivity index (χ2n) is 17.1. The molecule has 0 amide bonds. The number of benzene rings is 4. The molecule has 49 heavy (non-hydrogen) atoms. The van der Waals surface area contributed by atoms with Crippen LogP contribution in [0.25, 0.3) is 33.9 Å². The summed E-state index contributed by atoms with van der Waals surface area (Å²) >= 11 is -4.83. The average Bonchev–Trinajstić information content (AvgIpc) is 3.59. The van der Waals surface area contributed by atoms with Gasteiger partial charge in [0.05, 0.1) is 0 Å². The van der Waals surface area contributed by atoms with Crippen LogP contribution in [0.5, 0.6) is 0 Å². The van der Waals surface area contributed by atoms with E-state index in [0.29, 0.717) is 0 Å². The minimum atomic E-state index is -4.83. The molecule has 0 spiro atoms. The molecule has 0 fully saturated rings. The van der Waals surface area contributed by atoms with Crippen LogP contribution in [-0.4, -0.2) is 5.92 Å². The zero-order valence-electron chi connectivity index (χ0n) is 31.6. The standard InChI is InChI=1S/C22H25.C21H23.C2H7Si.2ClH.Zr/c1-6-19-15(2)14-17-8-7-9-20(21(17)19)16-10-12-18(13-11-16)22(3,4)5;1-5-15-13-17-7-6-8-19(20(17)14-15)16-9-11-18(12-10-16)21(2,3)4;1-3-2;;;/h7-14H,6H2,1-5H3;6-14H,5H2,1-4H3;3H,1-2H3;2*1H;/q;;;;;+2/p-2. The van der Waals surface area contributed by atoms with Crippen molar-refractivity contribution in [1.29, 1.82) is 0 Å². The van der Waals surface area contributed by atoms with Gasteiger partial charge < -0.3 is 0 Å². The summed E-state index contributed by atoms with van der Waals surface area (Å²) in [5.41, 5.74) is 17.8. The molecule has 0 heterocycles. The van der Waals surface area contributed by atoms with E-state index in [-0.39, 0.29) is 18.1 Å². The van der Waals surface area contributed by atoms with Crippen LogP contribution in [-0.2, 0) is 26.4 Å². The molecule has 4 aromatic rings. The Hall–Kier alpha value is -1.96. The molecule has 0 nitrogen and oxygen atoms in total. The first-order valence-corrected chi connectivity index (χ1v) is 34.7. The Morgan fingerprint density at radius 2 is 1.12 bits per heavy atom. The Morgan fingerprint density at radius 1 is 0.633 bits per heavy atom. The molecule has 2 aliphatic rings. The van der Waals surface area contributed by atoms with E-state index in [9.17, 15) is 0 Å². The Bertz CT molecular complexity index is 1960. The summed E-state index contributed by atoms with van der Waals surface area (Å²) in [6, 6.07) is 32.3. The number of hydrogen-bond acceptors (Lipinski definition) is 0. The fourth-order valence-corrected chi connectivity index (χ4v) is 41.2. The SMILES string of the molecule is CCC1=Cc2c(-c3ccc(C(C)(C)C)cc3)cccc2[CH]1[Zr]([Cl])([Cl])([CH]1C(C)=C(CC)c2c(-c3ccc(C(C)(C)C)cc3)cccc21)[SiH](C)C. The maximum absolute atomic E-state index is 8.69. The third kappa shape index (κ3) is 6.00. The van der Waals surface area contributed by atoms with E-state index in [4.69, 9.17) is 17.0 Å². The molecule has 257 valence electrons. The normalized spacial score (nSPS) is 18.7. The van der Waals surface area contributed by atoms with E-state index in [1.165, 1.54) is 72.4 Å². The molecule has 0 aromatic heterocycles. The molecule has 0 N–H and O–H groups in total. The van der Waals surface area contributed by atoms with Gasteiger partial charge in [-0.05, 0) is 0 Å². The summed E-state index contributed by atoms with van der Waals surface area (Å²) in [7, 11) is 17.4. The summed E-state index contributed by atoms with van der Waals surface area (Å²) in [4.78, 5) is 0. The van der Waals surface area contributed by atoms with Crippen LogP contribution in [0, 0.1) is 0 Å². The van der Waals surface area contributed by atoms with Crippen molar-refractivity contribution < 1.29 is 15.6 Å². The minimum absolute atomic E-state index is 0.0933. The Balaban J connectivity index is 1.54. The summed E-state index contributed by atoms with van der Waals surface area (Å²) in [5, 5.41) is 0. The van der Waals surface area contributed by atoms with Crippen LogP contribution in [0.3, 0.4) is 0 Å². The number of hydrogen-bond donors (Lipinski definition) is 0. The first kappa shape index (κ1) is 36.8. The first-order chi connectivity index (χ1) is 22.9. The summed E-state index contributed by atoms with van der Waals surface area (Å²) in [6.45, 7) is 25.6. The van der Waals surface area contributed by atoms with Gasteiger partial charge >= 0.3 is 308 Å². The van der Waals surface area contributed by atoms with Gasteiger partial charge in [-0.2, -0.15) is 0 Å². The predicted molar refractivity (Wildman–Crippen MR) is 218 cm³/mol. The zero-order chi connectivity index (χ0) is 35.7. The molecular weight excluding hydrogens is 731 g/mol. The van der Waals surface area contributed by atoms with Crippen LogP contribution in [0.4, 0.5) is 0 Å². The Morgan fingerprint density at radius 3 is 1.59 bits per heavy atom. The van der Waals surface area contributed by atoms with Gasteiger partial charge in [-0.25, -0.2) is 0 Å². The molecule has 4 heteroatoms. The second kappa shape index (κ2) is 12.9. The van der Waals surface area contributed by atoms with Crippen molar-refractivity contribution in [1.82, 2.24) is 0 Å². The molecule has 6 rings (SSSR count). The molecule has 2 aliphatic carbocycles. The third-order valence-corrected chi connectivity index (χ3v) is 63.9. The van der Waals surface area contributed by atoms with Crippen LogP contribution >= 0.6 is 17.0 Å². The molecule has 0 radical (unpaired) electrons. The zero-order valence-corrected chi connectivity index (χ0v) is 36.7. The van der Waals surface area contributed by atoms with E-state index < -0.39 is 21.5 Å². The van der Waals surface area contributed by atoms with Crippen molar-refractivity contribution in [3.8, 4) is 22.3 Å². The Labute approximate surface area is 305 Å². The fraction of sp³-hybridized carbons (Fsp3) is 0.378. The fourth-order valence-electron chi connectivity index (χ4n) is 8.97. The van der Waals surface area contributed by atoms with Gasteiger partial charge in [0.25, 0.3) is 0 Å². The number of allylic oxidation sites excluding steroid dienone is 3. The number of fused-ring (bicyclic) bond motifs is 2. The van der Waals surface area contributed by atoms with Gasteiger partial charge in [-0.1, -0.05) is 0 Å². The molecule has 2 unspecified atom stereocenters. The number of halogens is 2. The van der Waals surface area contributed by atoms with Gasteiger partial charge in [0, 0.05) is 0 Å². The van der Waals surface area contributed by atoms with E-state index in [2.05, 4.69) is 166 Å². The van der Waals surface area contributed by atoms with Crippen molar-refractivity contribution in [3.05, 3.63) is 129 Å². The van der Waals surface area contributed by atoms with Gasteiger partial charge in [0.2, 0.25) is 0 Å². The van der Waals surface area contributed by atoms with Crippen molar-refractivity contribution in [2.75, 3.05) is 0 Å². The summed E-state index contributed by atoms with van der Waals surface area (Å²) < 4.78 is 0.194. The molecule has 0 bridgehead atoms. The molecular formula is C45H55Cl2SiZr. The summed E-state index contributed by atoms with van der Waals surface area (Å²) in [6.07, 6.45) is 4.40. The second-order valence-corrected chi connectivity index (χ2v) is 59.6. The van der Waals surface area contributed by atoms with Gasteiger partial charge in [0.15, 0.2) is 0 Å². The quantitative estimate of drug-likeness (QED) is 0.164. The topological polar surface area (TPSA) is 0 Å². The monoisotopic (exact) mass is 783 g/mol. The first-order valence-electron chi connectivity index (χ1n) is 18.4. The van der Waals surface area contributed by atoms with E-state index >= 15 is 0 Å². The van der Waals surface area contributed by atoms with Crippen molar-refractivity contribution >= 4 is 34.6 Å². The van der Waals surface area contributed by atoms with Crippen LogP contribution in [0.1, 0.15) is 116 Å². The van der Waals surface area contributed by atoms with Crippen LogP contribution < -0.4 is 0 Å². The van der Waals surface area contributed by atoms with Crippen molar-refractivity contribution in [3.63, 3.8) is 0 Å². The Kier molecular flexibility index (Phi) is 9.70. The molecule has 2 atom stereocenters. The van der Waals surface area contributed by atoms with E-state index in [1.807, 2.05) is 0 Å². The third-order valence-electron chi connectivity index (χ3n) is 11.9.